The van der Waals surface area contributed by atoms with E-state index in [4.69, 9.17) is 5.84 Å². The minimum absolute atomic E-state index is 0.101. The van der Waals surface area contributed by atoms with Gasteiger partial charge >= 0.3 is 0 Å². The number of halogens is 1. The van der Waals surface area contributed by atoms with Gasteiger partial charge in [0.15, 0.2) is 0 Å². The van der Waals surface area contributed by atoms with Gasteiger partial charge in [0.05, 0.1) is 10.6 Å². The van der Waals surface area contributed by atoms with Crippen molar-refractivity contribution >= 4 is 38.9 Å². The number of nitro groups is 1. The Morgan fingerprint density at radius 1 is 1.19 bits per heavy atom. The molecule has 0 saturated heterocycles. The molecule has 0 atom stereocenters. The van der Waals surface area contributed by atoms with Gasteiger partial charge in [-0.05, 0) is 46.3 Å². The fraction of sp³-hybridized carbons (Fsp3) is 0. The molecule has 0 saturated carbocycles. The molecule has 0 aliphatic carbocycles. The van der Waals surface area contributed by atoms with E-state index < -0.39 is 4.92 Å². The van der Waals surface area contributed by atoms with E-state index in [-0.39, 0.29) is 11.6 Å². The zero-order valence-electron chi connectivity index (χ0n) is 10.7. The van der Waals surface area contributed by atoms with E-state index >= 15 is 0 Å². The average Bonchev–Trinajstić information content (AvgIpc) is 2.49. The molecule has 2 rings (SSSR count). The van der Waals surface area contributed by atoms with Gasteiger partial charge in [-0.1, -0.05) is 0 Å². The molecule has 7 nitrogen and oxygen atoms in total. The maximum absolute atomic E-state index is 12.1. The number of hydrazine groups is 1. The largest absolute Gasteiger partial charge is 0.324 e. The molecule has 0 unspecified atom stereocenters. The van der Waals surface area contributed by atoms with Crippen molar-refractivity contribution in [3.8, 4) is 0 Å². The van der Waals surface area contributed by atoms with Gasteiger partial charge in [-0.25, -0.2) is 0 Å². The van der Waals surface area contributed by atoms with E-state index in [0.717, 1.165) is 0 Å². The predicted octanol–water partition coefficient (Wildman–Crippen LogP) is 2.90. The van der Waals surface area contributed by atoms with E-state index in [0.29, 0.717) is 21.4 Å². The van der Waals surface area contributed by atoms with E-state index in [9.17, 15) is 14.9 Å². The molecule has 0 bridgehead atoms. The summed E-state index contributed by atoms with van der Waals surface area (Å²) in [6.07, 6.45) is 0. The molecule has 2 aromatic carbocycles. The predicted molar refractivity (Wildman–Crippen MR) is 83.0 cm³/mol. The van der Waals surface area contributed by atoms with Crippen LogP contribution in [0.5, 0.6) is 0 Å². The lowest BCUT2D eigenvalue weighted by Crippen LogP contribution is -2.13. The number of hydrogen-bond donors (Lipinski definition) is 3. The summed E-state index contributed by atoms with van der Waals surface area (Å²) < 4.78 is 0.557. The first kappa shape index (κ1) is 14.9. The van der Waals surface area contributed by atoms with Crippen molar-refractivity contribution < 1.29 is 9.72 Å². The van der Waals surface area contributed by atoms with Crippen molar-refractivity contribution in [3.05, 3.63) is 62.6 Å². The minimum atomic E-state index is -0.524. The van der Waals surface area contributed by atoms with Crippen LogP contribution in [-0.4, -0.2) is 10.8 Å². The number of non-ortho nitro benzene ring substituents is 1. The van der Waals surface area contributed by atoms with Gasteiger partial charge in [0.2, 0.25) is 0 Å². The van der Waals surface area contributed by atoms with Crippen LogP contribution in [0.4, 0.5) is 17.1 Å². The van der Waals surface area contributed by atoms with Gasteiger partial charge in [-0.15, -0.1) is 0 Å². The first-order chi connectivity index (χ1) is 10.0. The van der Waals surface area contributed by atoms with Gasteiger partial charge in [0.25, 0.3) is 11.6 Å². The molecular formula is C13H11BrN4O3. The number of carbonyl (C=O) groups excluding carboxylic acids is 1. The number of nitro benzene ring substituents is 1. The number of nitrogen functional groups attached to an aromatic ring is 1. The first-order valence-electron chi connectivity index (χ1n) is 5.83. The standard InChI is InChI=1S/C13H11BrN4O3/c14-11-6-5-10(18(20)21)7-12(11)16-13(19)8-1-3-9(17-15)4-2-8/h1-7,17H,15H2,(H,16,19). The Morgan fingerprint density at radius 2 is 1.86 bits per heavy atom. The first-order valence-corrected chi connectivity index (χ1v) is 6.62. The molecule has 0 fully saturated rings. The van der Waals surface area contributed by atoms with Gasteiger partial charge < -0.3 is 10.7 Å². The lowest BCUT2D eigenvalue weighted by atomic mass is 10.2. The highest BCUT2D eigenvalue weighted by molar-refractivity contribution is 9.10. The van der Waals surface area contributed by atoms with Gasteiger partial charge in [-0.3, -0.25) is 20.8 Å². The Hall–Kier alpha value is -2.45. The third-order valence-electron chi connectivity index (χ3n) is 2.72. The average molecular weight is 351 g/mol. The Labute approximate surface area is 128 Å². The van der Waals surface area contributed by atoms with Crippen molar-refractivity contribution in [2.45, 2.75) is 0 Å². The Bertz CT molecular complexity index is 688. The Morgan fingerprint density at radius 3 is 2.43 bits per heavy atom. The topological polar surface area (TPSA) is 110 Å². The molecule has 2 aromatic rings. The van der Waals surface area contributed by atoms with E-state index in [1.54, 1.807) is 24.3 Å². The molecule has 21 heavy (non-hydrogen) atoms. The number of rotatable bonds is 4. The second-order valence-electron chi connectivity index (χ2n) is 4.10. The molecule has 8 heteroatoms. The number of nitrogens with two attached hydrogens (primary N) is 1. The smallest absolute Gasteiger partial charge is 0.271 e. The second-order valence-corrected chi connectivity index (χ2v) is 4.95. The number of anilines is 2. The maximum Gasteiger partial charge on any atom is 0.271 e. The fourth-order valence-corrected chi connectivity index (χ4v) is 1.98. The molecular weight excluding hydrogens is 340 g/mol. The SMILES string of the molecule is NNc1ccc(C(=O)Nc2cc([N+](=O)[O-])ccc2Br)cc1. The third kappa shape index (κ3) is 3.56. The van der Waals surface area contributed by atoms with Gasteiger partial charge in [-0.2, -0.15) is 0 Å². The highest BCUT2D eigenvalue weighted by Gasteiger charge is 2.13. The lowest BCUT2D eigenvalue weighted by Gasteiger charge is -2.08. The lowest BCUT2D eigenvalue weighted by molar-refractivity contribution is -0.384. The summed E-state index contributed by atoms with van der Waals surface area (Å²) in [6, 6.07) is 10.6. The molecule has 0 aromatic heterocycles. The normalized spacial score (nSPS) is 10.0. The van der Waals surface area contributed by atoms with Gasteiger partial charge in [0, 0.05) is 27.9 Å². The fourth-order valence-electron chi connectivity index (χ4n) is 1.63. The zero-order valence-corrected chi connectivity index (χ0v) is 12.3. The summed E-state index contributed by atoms with van der Waals surface area (Å²) in [5, 5.41) is 13.4. The number of hydrogen-bond acceptors (Lipinski definition) is 5. The highest BCUT2D eigenvalue weighted by atomic mass is 79.9. The second kappa shape index (κ2) is 6.33. The molecule has 0 spiro atoms. The number of benzene rings is 2. The summed E-state index contributed by atoms with van der Waals surface area (Å²) >= 11 is 3.24. The van der Waals surface area contributed by atoms with E-state index in [1.807, 2.05) is 0 Å². The summed E-state index contributed by atoms with van der Waals surface area (Å²) in [7, 11) is 0. The van der Waals surface area contributed by atoms with Crippen LogP contribution < -0.4 is 16.6 Å². The molecule has 0 aliphatic heterocycles. The van der Waals surface area contributed by atoms with Crippen LogP contribution >= 0.6 is 15.9 Å². The van der Waals surface area contributed by atoms with Crippen molar-refractivity contribution in [3.63, 3.8) is 0 Å². The highest BCUT2D eigenvalue weighted by Crippen LogP contribution is 2.27. The van der Waals surface area contributed by atoms with Crippen LogP contribution in [-0.2, 0) is 0 Å². The van der Waals surface area contributed by atoms with Gasteiger partial charge in [0.1, 0.15) is 0 Å². The van der Waals surface area contributed by atoms with Crippen molar-refractivity contribution in [1.82, 2.24) is 0 Å². The van der Waals surface area contributed by atoms with Crippen molar-refractivity contribution in [2.75, 3.05) is 10.7 Å². The molecule has 0 radical (unpaired) electrons. The Balaban J connectivity index is 2.22. The van der Waals surface area contributed by atoms with Crippen LogP contribution in [0.1, 0.15) is 10.4 Å². The molecule has 108 valence electrons. The monoisotopic (exact) mass is 350 g/mol. The molecule has 1 amide bonds. The summed E-state index contributed by atoms with van der Waals surface area (Å²) in [5.74, 6) is 4.87. The molecule has 0 aliphatic rings. The summed E-state index contributed by atoms with van der Waals surface area (Å²) in [4.78, 5) is 22.3. The van der Waals surface area contributed by atoms with Crippen molar-refractivity contribution in [2.24, 2.45) is 5.84 Å². The van der Waals surface area contributed by atoms with Crippen LogP contribution in [0.15, 0.2) is 46.9 Å². The zero-order chi connectivity index (χ0) is 15.4. The Kier molecular flexibility index (Phi) is 4.51. The van der Waals surface area contributed by atoms with Crippen LogP contribution in [0.25, 0.3) is 0 Å². The summed E-state index contributed by atoms with van der Waals surface area (Å²) in [6.45, 7) is 0. The summed E-state index contributed by atoms with van der Waals surface area (Å²) in [5.41, 5.74) is 3.76. The van der Waals surface area contributed by atoms with Crippen LogP contribution in [0, 0.1) is 10.1 Å². The number of carbonyl (C=O) groups is 1. The molecule has 0 heterocycles. The quantitative estimate of drug-likeness (QED) is 0.446. The van der Waals surface area contributed by atoms with Crippen LogP contribution in [0.2, 0.25) is 0 Å². The number of nitrogens with zero attached hydrogens (tertiary/aromatic N) is 1. The van der Waals surface area contributed by atoms with Crippen molar-refractivity contribution in [1.29, 1.82) is 0 Å². The maximum atomic E-state index is 12.1. The third-order valence-corrected chi connectivity index (χ3v) is 3.41. The number of nitrogens with one attached hydrogen (secondary N) is 2. The minimum Gasteiger partial charge on any atom is -0.324 e. The number of amides is 1. The molecule has 4 N–H and O–H groups in total. The van der Waals surface area contributed by atoms with Crippen LogP contribution in [0.3, 0.4) is 0 Å². The van der Waals surface area contributed by atoms with E-state index in [1.165, 1.54) is 18.2 Å². The van der Waals surface area contributed by atoms with E-state index in [2.05, 4.69) is 26.7 Å².